The lowest BCUT2D eigenvalue weighted by molar-refractivity contribution is 0.619. The Labute approximate surface area is 118 Å². The number of rotatable bonds is 4. The van der Waals surface area contributed by atoms with Gasteiger partial charge in [-0.05, 0) is 43.3 Å². The first-order valence-corrected chi connectivity index (χ1v) is 6.93. The van der Waals surface area contributed by atoms with E-state index < -0.39 is 0 Å². The number of oxazole rings is 1. The first-order chi connectivity index (χ1) is 9.76. The van der Waals surface area contributed by atoms with E-state index in [1.165, 1.54) is 11.1 Å². The highest BCUT2D eigenvalue weighted by Gasteiger charge is 2.08. The van der Waals surface area contributed by atoms with Gasteiger partial charge in [0.05, 0.1) is 0 Å². The first kappa shape index (κ1) is 12.9. The number of hydrogen-bond donors (Lipinski definition) is 1. The minimum atomic E-state index is 0.681. The average Bonchev–Trinajstić information content (AvgIpc) is 2.89. The van der Waals surface area contributed by atoms with E-state index in [0.717, 1.165) is 29.8 Å². The van der Waals surface area contributed by atoms with Crippen LogP contribution in [-0.4, -0.2) is 11.5 Å². The van der Waals surface area contributed by atoms with Gasteiger partial charge in [-0.2, -0.15) is 0 Å². The smallest absolute Gasteiger partial charge is 0.227 e. The van der Waals surface area contributed by atoms with E-state index >= 15 is 0 Å². The zero-order valence-electron chi connectivity index (χ0n) is 11.8. The molecule has 1 heterocycles. The minimum Gasteiger partial charge on any atom is -0.436 e. The van der Waals surface area contributed by atoms with Crippen LogP contribution in [-0.2, 0) is 6.54 Å². The second-order valence-corrected chi connectivity index (χ2v) is 4.97. The van der Waals surface area contributed by atoms with Gasteiger partial charge in [0.1, 0.15) is 5.52 Å². The second-order valence-electron chi connectivity index (χ2n) is 4.97. The molecular weight excluding hydrogens is 248 g/mol. The molecule has 2 aromatic carbocycles. The highest BCUT2D eigenvalue weighted by Crippen LogP contribution is 2.25. The molecule has 20 heavy (non-hydrogen) atoms. The van der Waals surface area contributed by atoms with Crippen LogP contribution in [0.3, 0.4) is 0 Å². The van der Waals surface area contributed by atoms with Crippen molar-refractivity contribution >= 4 is 11.1 Å². The van der Waals surface area contributed by atoms with Crippen LogP contribution in [0.4, 0.5) is 0 Å². The Bertz CT molecular complexity index is 713. The van der Waals surface area contributed by atoms with Crippen LogP contribution >= 0.6 is 0 Å². The van der Waals surface area contributed by atoms with Crippen molar-refractivity contribution in [1.82, 2.24) is 10.3 Å². The molecule has 0 fully saturated rings. The van der Waals surface area contributed by atoms with Gasteiger partial charge in [-0.25, -0.2) is 4.98 Å². The summed E-state index contributed by atoms with van der Waals surface area (Å²) in [4.78, 5) is 4.59. The number of hydrogen-bond acceptors (Lipinski definition) is 3. The molecule has 0 aliphatic carbocycles. The summed E-state index contributed by atoms with van der Waals surface area (Å²) in [5.41, 5.74) is 5.22. The summed E-state index contributed by atoms with van der Waals surface area (Å²) < 4.78 is 5.82. The lowest BCUT2D eigenvalue weighted by Crippen LogP contribution is -2.11. The number of nitrogens with one attached hydrogen (secondary N) is 1. The monoisotopic (exact) mass is 266 g/mol. The van der Waals surface area contributed by atoms with Crippen LogP contribution in [0, 0.1) is 6.92 Å². The fourth-order valence-corrected chi connectivity index (χ4v) is 2.17. The molecule has 1 N–H and O–H groups in total. The highest BCUT2D eigenvalue weighted by atomic mass is 16.3. The SMILES string of the molecule is CCNCc1ccc2oc(-c3ccc(C)cc3)nc2c1. The predicted octanol–water partition coefficient (Wildman–Crippen LogP) is 3.91. The highest BCUT2D eigenvalue weighted by molar-refractivity contribution is 5.76. The molecule has 3 aromatic rings. The third-order valence-electron chi connectivity index (χ3n) is 3.33. The molecule has 0 bridgehead atoms. The van der Waals surface area contributed by atoms with Gasteiger partial charge in [0.2, 0.25) is 5.89 Å². The van der Waals surface area contributed by atoms with Crippen molar-refractivity contribution in [3.63, 3.8) is 0 Å². The molecule has 3 rings (SSSR count). The Kier molecular flexibility index (Phi) is 3.52. The van der Waals surface area contributed by atoms with Crippen molar-refractivity contribution in [2.24, 2.45) is 0 Å². The molecule has 0 radical (unpaired) electrons. The van der Waals surface area contributed by atoms with E-state index in [4.69, 9.17) is 4.42 Å². The van der Waals surface area contributed by atoms with Crippen molar-refractivity contribution in [1.29, 1.82) is 0 Å². The number of nitrogens with zero attached hydrogens (tertiary/aromatic N) is 1. The molecular formula is C17H18N2O. The molecule has 0 saturated carbocycles. The molecule has 3 nitrogen and oxygen atoms in total. The topological polar surface area (TPSA) is 38.1 Å². The van der Waals surface area contributed by atoms with Crippen LogP contribution in [0.15, 0.2) is 46.9 Å². The standard InChI is InChI=1S/C17H18N2O/c1-3-18-11-13-6-9-16-15(10-13)19-17(20-16)14-7-4-12(2)5-8-14/h4-10,18H,3,11H2,1-2H3. The van der Waals surface area contributed by atoms with Crippen LogP contribution in [0.2, 0.25) is 0 Å². The average molecular weight is 266 g/mol. The molecule has 1 aromatic heterocycles. The van der Waals surface area contributed by atoms with Crippen LogP contribution in [0.5, 0.6) is 0 Å². The van der Waals surface area contributed by atoms with Gasteiger partial charge < -0.3 is 9.73 Å². The van der Waals surface area contributed by atoms with Gasteiger partial charge in [0, 0.05) is 12.1 Å². The molecule has 0 aliphatic rings. The number of aromatic nitrogens is 1. The molecule has 0 atom stereocenters. The Balaban J connectivity index is 1.95. The maximum absolute atomic E-state index is 5.82. The summed E-state index contributed by atoms with van der Waals surface area (Å²) in [6, 6.07) is 14.4. The van der Waals surface area contributed by atoms with Crippen LogP contribution < -0.4 is 5.32 Å². The van der Waals surface area contributed by atoms with E-state index in [9.17, 15) is 0 Å². The Morgan fingerprint density at radius 3 is 2.65 bits per heavy atom. The van der Waals surface area contributed by atoms with Crippen molar-refractivity contribution in [2.45, 2.75) is 20.4 Å². The molecule has 3 heteroatoms. The fourth-order valence-electron chi connectivity index (χ4n) is 2.17. The summed E-state index contributed by atoms with van der Waals surface area (Å²) in [7, 11) is 0. The number of benzene rings is 2. The van der Waals surface area contributed by atoms with Crippen LogP contribution in [0.25, 0.3) is 22.6 Å². The molecule has 0 unspecified atom stereocenters. The zero-order valence-corrected chi connectivity index (χ0v) is 11.8. The van der Waals surface area contributed by atoms with Gasteiger partial charge in [-0.3, -0.25) is 0 Å². The molecule has 0 spiro atoms. The molecule has 102 valence electrons. The normalized spacial score (nSPS) is 11.1. The van der Waals surface area contributed by atoms with E-state index in [1.54, 1.807) is 0 Å². The van der Waals surface area contributed by atoms with Crippen molar-refractivity contribution in [2.75, 3.05) is 6.54 Å². The fraction of sp³-hybridized carbons (Fsp3) is 0.235. The summed E-state index contributed by atoms with van der Waals surface area (Å²) in [5.74, 6) is 0.681. The van der Waals surface area contributed by atoms with E-state index in [-0.39, 0.29) is 0 Å². The van der Waals surface area contributed by atoms with Crippen molar-refractivity contribution in [3.05, 3.63) is 53.6 Å². The minimum absolute atomic E-state index is 0.681. The molecule has 0 amide bonds. The number of fused-ring (bicyclic) bond motifs is 1. The predicted molar refractivity (Wildman–Crippen MR) is 81.6 cm³/mol. The van der Waals surface area contributed by atoms with E-state index in [0.29, 0.717) is 5.89 Å². The first-order valence-electron chi connectivity index (χ1n) is 6.93. The Morgan fingerprint density at radius 2 is 1.90 bits per heavy atom. The Hall–Kier alpha value is -2.13. The maximum Gasteiger partial charge on any atom is 0.227 e. The Morgan fingerprint density at radius 1 is 1.10 bits per heavy atom. The van der Waals surface area contributed by atoms with Gasteiger partial charge in [0.25, 0.3) is 0 Å². The van der Waals surface area contributed by atoms with Crippen molar-refractivity contribution in [3.8, 4) is 11.5 Å². The van der Waals surface area contributed by atoms with Crippen LogP contribution in [0.1, 0.15) is 18.1 Å². The van der Waals surface area contributed by atoms with Gasteiger partial charge in [-0.1, -0.05) is 30.7 Å². The third-order valence-corrected chi connectivity index (χ3v) is 3.33. The summed E-state index contributed by atoms with van der Waals surface area (Å²) in [6.07, 6.45) is 0. The summed E-state index contributed by atoms with van der Waals surface area (Å²) in [6.45, 7) is 6.00. The quantitative estimate of drug-likeness (QED) is 0.778. The van der Waals surface area contributed by atoms with Gasteiger partial charge in [-0.15, -0.1) is 0 Å². The largest absolute Gasteiger partial charge is 0.436 e. The third kappa shape index (κ3) is 2.58. The maximum atomic E-state index is 5.82. The van der Waals surface area contributed by atoms with Gasteiger partial charge >= 0.3 is 0 Å². The summed E-state index contributed by atoms with van der Waals surface area (Å²) in [5, 5.41) is 3.32. The van der Waals surface area contributed by atoms with Crippen molar-refractivity contribution < 1.29 is 4.42 Å². The van der Waals surface area contributed by atoms with E-state index in [2.05, 4.69) is 48.4 Å². The zero-order chi connectivity index (χ0) is 13.9. The summed E-state index contributed by atoms with van der Waals surface area (Å²) >= 11 is 0. The number of aryl methyl sites for hydroxylation is 1. The second kappa shape index (κ2) is 5.47. The lowest BCUT2D eigenvalue weighted by atomic mass is 10.1. The molecule has 0 aliphatic heterocycles. The molecule has 0 saturated heterocycles. The van der Waals surface area contributed by atoms with Gasteiger partial charge in [0.15, 0.2) is 5.58 Å². The van der Waals surface area contributed by atoms with E-state index in [1.807, 2.05) is 18.2 Å². The lowest BCUT2D eigenvalue weighted by Gasteiger charge is -2.00.